The van der Waals surface area contributed by atoms with Gasteiger partial charge in [0.2, 0.25) is 5.91 Å². The molecule has 0 aliphatic heterocycles. The first-order chi connectivity index (χ1) is 9.10. The Kier molecular flexibility index (Phi) is 6.56. The van der Waals surface area contributed by atoms with Gasteiger partial charge in [-0.1, -0.05) is 25.5 Å². The predicted octanol–water partition coefficient (Wildman–Crippen LogP) is 1.18. The maximum Gasteiger partial charge on any atom is 0.307 e. The molecule has 0 bridgehead atoms. The SMILES string of the molecule is CCC(CCO)CNC(=O)[C@@H]1CC=CC[C@@H]1C(=O)O. The number of hydrogen-bond donors (Lipinski definition) is 3. The van der Waals surface area contributed by atoms with Gasteiger partial charge in [0.05, 0.1) is 11.8 Å². The number of allylic oxidation sites excluding steroid dienone is 2. The Hall–Kier alpha value is -1.36. The summed E-state index contributed by atoms with van der Waals surface area (Å²) in [5, 5.41) is 20.8. The highest BCUT2D eigenvalue weighted by atomic mass is 16.4. The number of hydrogen-bond acceptors (Lipinski definition) is 3. The van der Waals surface area contributed by atoms with Crippen LogP contribution < -0.4 is 5.32 Å². The lowest BCUT2D eigenvalue weighted by atomic mass is 9.82. The first-order valence-corrected chi connectivity index (χ1v) is 6.86. The summed E-state index contributed by atoms with van der Waals surface area (Å²) in [7, 11) is 0. The second-order valence-corrected chi connectivity index (χ2v) is 5.03. The van der Waals surface area contributed by atoms with Crippen molar-refractivity contribution in [1.82, 2.24) is 5.32 Å². The van der Waals surface area contributed by atoms with Crippen LogP contribution in [-0.4, -0.2) is 35.2 Å². The van der Waals surface area contributed by atoms with Crippen molar-refractivity contribution in [2.24, 2.45) is 17.8 Å². The van der Waals surface area contributed by atoms with E-state index in [4.69, 9.17) is 10.2 Å². The van der Waals surface area contributed by atoms with Crippen LogP contribution in [0.1, 0.15) is 32.6 Å². The van der Waals surface area contributed by atoms with Crippen LogP contribution in [0, 0.1) is 17.8 Å². The average molecular weight is 269 g/mol. The van der Waals surface area contributed by atoms with Gasteiger partial charge in [-0.3, -0.25) is 9.59 Å². The van der Waals surface area contributed by atoms with E-state index in [0.717, 1.165) is 6.42 Å². The van der Waals surface area contributed by atoms with E-state index in [2.05, 4.69) is 5.32 Å². The van der Waals surface area contributed by atoms with Crippen molar-refractivity contribution in [3.63, 3.8) is 0 Å². The minimum Gasteiger partial charge on any atom is -0.481 e. The molecule has 1 aliphatic carbocycles. The highest BCUT2D eigenvalue weighted by molar-refractivity contribution is 5.85. The van der Waals surface area contributed by atoms with Gasteiger partial charge in [0.25, 0.3) is 0 Å². The zero-order valence-electron chi connectivity index (χ0n) is 11.3. The molecule has 3 atom stereocenters. The second-order valence-electron chi connectivity index (χ2n) is 5.03. The van der Waals surface area contributed by atoms with E-state index >= 15 is 0 Å². The first kappa shape index (κ1) is 15.7. The molecule has 5 nitrogen and oxygen atoms in total. The van der Waals surface area contributed by atoms with Crippen LogP contribution in [0.3, 0.4) is 0 Å². The number of carboxylic acids is 1. The topological polar surface area (TPSA) is 86.6 Å². The molecule has 0 fully saturated rings. The van der Waals surface area contributed by atoms with Gasteiger partial charge >= 0.3 is 5.97 Å². The normalized spacial score (nSPS) is 23.9. The molecule has 0 saturated heterocycles. The fourth-order valence-electron chi connectivity index (χ4n) is 2.39. The Labute approximate surface area is 113 Å². The summed E-state index contributed by atoms with van der Waals surface area (Å²) < 4.78 is 0. The molecule has 0 heterocycles. The fraction of sp³-hybridized carbons (Fsp3) is 0.714. The van der Waals surface area contributed by atoms with Gasteiger partial charge in [-0.15, -0.1) is 0 Å². The molecule has 1 unspecified atom stereocenters. The van der Waals surface area contributed by atoms with E-state index in [1.165, 1.54) is 0 Å². The highest BCUT2D eigenvalue weighted by Crippen LogP contribution is 2.26. The zero-order valence-corrected chi connectivity index (χ0v) is 11.3. The summed E-state index contributed by atoms with van der Waals surface area (Å²) in [6.45, 7) is 2.62. The van der Waals surface area contributed by atoms with Crippen molar-refractivity contribution in [1.29, 1.82) is 0 Å². The van der Waals surface area contributed by atoms with E-state index in [9.17, 15) is 9.59 Å². The molecule has 19 heavy (non-hydrogen) atoms. The van der Waals surface area contributed by atoms with Gasteiger partial charge in [-0.25, -0.2) is 0 Å². The molecule has 0 aromatic carbocycles. The van der Waals surface area contributed by atoms with Crippen LogP contribution >= 0.6 is 0 Å². The van der Waals surface area contributed by atoms with Gasteiger partial charge in [0, 0.05) is 13.2 Å². The molecular formula is C14H23NO4. The van der Waals surface area contributed by atoms with E-state index in [1.54, 1.807) is 0 Å². The molecule has 1 amide bonds. The van der Waals surface area contributed by atoms with Gasteiger partial charge in [0.15, 0.2) is 0 Å². The van der Waals surface area contributed by atoms with Crippen molar-refractivity contribution in [3.05, 3.63) is 12.2 Å². The van der Waals surface area contributed by atoms with E-state index < -0.39 is 17.8 Å². The third-order valence-corrected chi connectivity index (χ3v) is 3.77. The average Bonchev–Trinajstić information content (AvgIpc) is 2.43. The maximum atomic E-state index is 12.1. The van der Waals surface area contributed by atoms with E-state index in [-0.39, 0.29) is 18.4 Å². The lowest BCUT2D eigenvalue weighted by molar-refractivity contribution is -0.147. The zero-order chi connectivity index (χ0) is 14.3. The number of rotatable bonds is 7. The number of carbonyl (C=O) groups excluding carboxylic acids is 1. The summed E-state index contributed by atoms with van der Waals surface area (Å²) in [6, 6.07) is 0. The van der Waals surface area contributed by atoms with Gasteiger partial charge < -0.3 is 15.5 Å². The Balaban J connectivity index is 2.51. The summed E-state index contributed by atoms with van der Waals surface area (Å²) >= 11 is 0. The summed E-state index contributed by atoms with van der Waals surface area (Å²) in [5.74, 6) is -1.95. The molecule has 108 valence electrons. The van der Waals surface area contributed by atoms with Crippen molar-refractivity contribution in [2.75, 3.05) is 13.2 Å². The standard InChI is InChI=1S/C14H23NO4/c1-2-10(7-8-16)9-15-13(17)11-5-3-4-6-12(11)14(18)19/h3-4,10-12,16H,2,5-9H2,1H3,(H,15,17)(H,18,19)/t10?,11-,12+/m1/s1. The monoisotopic (exact) mass is 269 g/mol. The van der Waals surface area contributed by atoms with Gasteiger partial charge in [0.1, 0.15) is 0 Å². The van der Waals surface area contributed by atoms with Crippen LogP contribution in [0.5, 0.6) is 0 Å². The number of carboxylic acid groups (broad SMARTS) is 1. The Morgan fingerprint density at radius 1 is 1.32 bits per heavy atom. The summed E-state index contributed by atoms with van der Waals surface area (Å²) in [4.78, 5) is 23.2. The molecule has 0 aromatic heterocycles. The Morgan fingerprint density at radius 3 is 2.47 bits per heavy atom. The molecular weight excluding hydrogens is 246 g/mol. The molecule has 0 radical (unpaired) electrons. The molecule has 3 N–H and O–H groups in total. The third kappa shape index (κ3) is 4.67. The largest absolute Gasteiger partial charge is 0.481 e. The lowest BCUT2D eigenvalue weighted by Crippen LogP contribution is -2.40. The molecule has 0 aromatic rings. The van der Waals surface area contributed by atoms with Crippen molar-refractivity contribution < 1.29 is 19.8 Å². The van der Waals surface area contributed by atoms with Crippen LogP contribution in [0.2, 0.25) is 0 Å². The maximum absolute atomic E-state index is 12.1. The molecule has 1 aliphatic rings. The summed E-state index contributed by atoms with van der Waals surface area (Å²) in [5.41, 5.74) is 0. The number of nitrogens with one attached hydrogen (secondary N) is 1. The number of carbonyl (C=O) groups is 2. The number of aliphatic hydroxyl groups is 1. The summed E-state index contributed by atoms with van der Waals surface area (Å²) in [6.07, 6.45) is 6.14. The number of aliphatic carboxylic acids is 1. The Bertz CT molecular complexity index is 340. The number of amides is 1. The fourth-order valence-corrected chi connectivity index (χ4v) is 2.39. The second kappa shape index (κ2) is 7.94. The van der Waals surface area contributed by atoms with Crippen LogP contribution in [-0.2, 0) is 9.59 Å². The quantitative estimate of drug-likeness (QED) is 0.606. The van der Waals surface area contributed by atoms with Crippen LogP contribution in [0.25, 0.3) is 0 Å². The lowest BCUT2D eigenvalue weighted by Gasteiger charge is -2.25. The van der Waals surface area contributed by atoms with Crippen molar-refractivity contribution in [2.45, 2.75) is 32.6 Å². The van der Waals surface area contributed by atoms with Crippen molar-refractivity contribution in [3.8, 4) is 0 Å². The first-order valence-electron chi connectivity index (χ1n) is 6.86. The number of aliphatic hydroxyl groups excluding tert-OH is 1. The molecule has 0 saturated carbocycles. The smallest absolute Gasteiger partial charge is 0.307 e. The molecule has 0 spiro atoms. The molecule has 1 rings (SSSR count). The predicted molar refractivity (Wildman–Crippen MR) is 71.5 cm³/mol. The van der Waals surface area contributed by atoms with Crippen LogP contribution in [0.15, 0.2) is 12.2 Å². The Morgan fingerprint density at radius 2 is 1.95 bits per heavy atom. The van der Waals surface area contributed by atoms with Crippen molar-refractivity contribution >= 4 is 11.9 Å². The minimum absolute atomic E-state index is 0.109. The van der Waals surface area contributed by atoms with E-state index in [0.29, 0.717) is 25.8 Å². The molecule has 5 heteroatoms. The van der Waals surface area contributed by atoms with Crippen LogP contribution in [0.4, 0.5) is 0 Å². The van der Waals surface area contributed by atoms with Gasteiger partial charge in [-0.2, -0.15) is 0 Å². The highest BCUT2D eigenvalue weighted by Gasteiger charge is 2.33. The van der Waals surface area contributed by atoms with Gasteiger partial charge in [-0.05, 0) is 25.2 Å². The third-order valence-electron chi connectivity index (χ3n) is 3.77. The minimum atomic E-state index is -0.910. The van der Waals surface area contributed by atoms with E-state index in [1.807, 2.05) is 19.1 Å².